The molecule has 0 rings (SSSR count). The summed E-state index contributed by atoms with van der Waals surface area (Å²) in [6, 6.07) is 0. The molecule has 0 aliphatic carbocycles. The molecule has 0 aliphatic heterocycles. The van der Waals surface area contributed by atoms with Crippen molar-refractivity contribution >= 4 is 49.5 Å². The molecule has 7 heavy (non-hydrogen) atoms. The normalized spacial score (nSPS) is 8.57. The maximum absolute atomic E-state index is 7.33. The zero-order valence-electron chi connectivity index (χ0n) is 5.00. The standard InChI is InChI=1S/Al.Mg.H4O4Si.5H/c;;1-5(2,3)4;;;;;/h;;1-4H;;;;;/q;+2;;;;;2*-1. The topological polar surface area (TPSA) is 80.9 Å². The van der Waals surface area contributed by atoms with E-state index in [1.54, 1.807) is 0 Å². The van der Waals surface area contributed by atoms with Crippen molar-refractivity contribution in [3.63, 3.8) is 0 Å². The molecular formula is H9AlMgO4Si. The predicted molar refractivity (Wildman–Crippen MR) is 32.5 cm³/mol. The van der Waals surface area contributed by atoms with Crippen molar-refractivity contribution in [1.82, 2.24) is 0 Å². The van der Waals surface area contributed by atoms with Gasteiger partial charge in [0.05, 0.1) is 0 Å². The molecule has 0 fully saturated rings. The van der Waals surface area contributed by atoms with Crippen molar-refractivity contribution in [2.45, 2.75) is 0 Å². The van der Waals surface area contributed by atoms with E-state index in [0.29, 0.717) is 0 Å². The molecule has 0 saturated carbocycles. The molecule has 0 radical (unpaired) electrons. The van der Waals surface area contributed by atoms with Crippen LogP contribution in [0, 0.1) is 0 Å². The Labute approximate surface area is 71.5 Å². The molecule has 0 heterocycles. The molecular weight excluding hydrogens is 143 g/mol. The maximum atomic E-state index is 7.33. The minimum absolute atomic E-state index is 0. The van der Waals surface area contributed by atoms with Gasteiger partial charge in [0.1, 0.15) is 0 Å². The van der Waals surface area contributed by atoms with Gasteiger partial charge in [-0.1, -0.05) is 0 Å². The molecule has 0 aromatic carbocycles. The summed E-state index contributed by atoms with van der Waals surface area (Å²) in [4.78, 5) is 29.3. The largest absolute Gasteiger partial charge is 2.00 e. The van der Waals surface area contributed by atoms with E-state index in [9.17, 15) is 0 Å². The van der Waals surface area contributed by atoms with Gasteiger partial charge in [-0.05, 0) is 0 Å². The Morgan fingerprint density at radius 2 is 1.00 bits per heavy atom. The van der Waals surface area contributed by atoms with Crippen LogP contribution in [0.25, 0.3) is 0 Å². The van der Waals surface area contributed by atoms with Gasteiger partial charge in [-0.3, -0.25) is 0 Å². The van der Waals surface area contributed by atoms with Crippen molar-refractivity contribution < 1.29 is 22.0 Å². The van der Waals surface area contributed by atoms with Gasteiger partial charge in [-0.15, -0.1) is 0 Å². The van der Waals surface area contributed by atoms with Gasteiger partial charge in [0.25, 0.3) is 0 Å². The minimum atomic E-state index is -4.61. The summed E-state index contributed by atoms with van der Waals surface area (Å²) in [6.45, 7) is 0. The van der Waals surface area contributed by atoms with Gasteiger partial charge < -0.3 is 22.0 Å². The Morgan fingerprint density at radius 3 is 1.00 bits per heavy atom. The molecule has 0 saturated heterocycles. The first-order chi connectivity index (χ1) is 2.00. The predicted octanol–water partition coefficient (Wildman–Crippen LogP) is -3.95. The summed E-state index contributed by atoms with van der Waals surface area (Å²) in [5.41, 5.74) is 0. The van der Waals surface area contributed by atoms with Crippen LogP contribution in [-0.4, -0.2) is 68.6 Å². The second-order valence-electron chi connectivity index (χ2n) is 0.600. The fourth-order valence-corrected chi connectivity index (χ4v) is 0. The summed E-state index contributed by atoms with van der Waals surface area (Å²) in [5.74, 6) is 0. The van der Waals surface area contributed by atoms with Gasteiger partial charge in [0.2, 0.25) is 0 Å². The van der Waals surface area contributed by atoms with E-state index in [1.807, 2.05) is 0 Å². The van der Waals surface area contributed by atoms with Crippen LogP contribution in [0.15, 0.2) is 0 Å². The molecule has 0 spiro atoms. The number of rotatable bonds is 0. The Morgan fingerprint density at radius 1 is 1.00 bits per heavy atom. The fraction of sp³-hybridized carbons (Fsp3) is 0. The Hall–Kier alpha value is 1.36. The first kappa shape index (κ1) is 15.8. The molecule has 7 heteroatoms. The Kier molecular flexibility index (Phi) is 12.4. The van der Waals surface area contributed by atoms with E-state index in [0.717, 1.165) is 0 Å². The molecule has 0 atom stereocenters. The van der Waals surface area contributed by atoms with Gasteiger partial charge in [0, 0.05) is 0 Å². The minimum Gasteiger partial charge on any atom is -1.00 e. The fourth-order valence-electron chi connectivity index (χ4n) is 0. The third-order valence-corrected chi connectivity index (χ3v) is 0. The van der Waals surface area contributed by atoms with Crippen LogP contribution < -0.4 is 0 Å². The van der Waals surface area contributed by atoms with Crippen LogP contribution >= 0.6 is 0 Å². The summed E-state index contributed by atoms with van der Waals surface area (Å²) >= 11 is 0. The number of hydrogen-bond donors (Lipinski definition) is 4. The molecule has 4 nitrogen and oxygen atoms in total. The van der Waals surface area contributed by atoms with Gasteiger partial charge in [-0.2, -0.15) is 0 Å². The monoisotopic (exact) mass is 152 g/mol. The Balaban J connectivity index is -0.0000000133. The Bertz CT molecular complexity index is 34.0. The van der Waals surface area contributed by atoms with Crippen molar-refractivity contribution in [1.29, 1.82) is 0 Å². The molecule has 0 aromatic rings. The summed E-state index contributed by atoms with van der Waals surface area (Å²) in [5, 5.41) is 0. The zero-order valence-corrected chi connectivity index (χ0v) is 5.41. The van der Waals surface area contributed by atoms with Crippen LogP contribution in [0.5, 0.6) is 0 Å². The van der Waals surface area contributed by atoms with E-state index in [4.69, 9.17) is 19.2 Å². The van der Waals surface area contributed by atoms with Gasteiger partial charge in [0.15, 0.2) is 17.4 Å². The summed E-state index contributed by atoms with van der Waals surface area (Å²) in [7, 11) is -4.61. The molecule has 0 amide bonds. The molecule has 4 N–H and O–H groups in total. The molecule has 0 aromatic heterocycles. The number of hydrogen-bond acceptors (Lipinski definition) is 4. The van der Waals surface area contributed by atoms with Gasteiger partial charge >= 0.3 is 32.1 Å². The van der Waals surface area contributed by atoms with Crippen LogP contribution in [0.3, 0.4) is 0 Å². The van der Waals surface area contributed by atoms with E-state index in [1.165, 1.54) is 0 Å². The van der Waals surface area contributed by atoms with Crippen LogP contribution in [0.1, 0.15) is 2.85 Å². The first-order valence-electron chi connectivity index (χ1n) is 0.894. The zero-order chi connectivity index (χ0) is 4.50. The average molecular weight is 152 g/mol. The van der Waals surface area contributed by atoms with Crippen LogP contribution in [0.4, 0.5) is 0 Å². The average Bonchev–Trinajstić information content (AvgIpc) is 0.722. The first-order valence-corrected chi connectivity index (χ1v) is 2.68. The van der Waals surface area contributed by atoms with Crippen molar-refractivity contribution in [3.8, 4) is 0 Å². The van der Waals surface area contributed by atoms with Crippen molar-refractivity contribution in [2.75, 3.05) is 0 Å². The van der Waals surface area contributed by atoms with E-state index in [2.05, 4.69) is 0 Å². The van der Waals surface area contributed by atoms with E-state index in [-0.39, 0.29) is 43.3 Å². The molecule has 0 unspecified atom stereocenters. The van der Waals surface area contributed by atoms with Crippen LogP contribution in [-0.2, 0) is 0 Å². The summed E-state index contributed by atoms with van der Waals surface area (Å²) < 4.78 is 0. The molecule has 42 valence electrons. The third kappa shape index (κ3) is 115. The van der Waals surface area contributed by atoms with Crippen molar-refractivity contribution in [3.05, 3.63) is 0 Å². The molecule has 0 aliphatic rings. The SMILES string of the molecule is O[Si](O)(O)O.[AlH3].[H-].[H-].[Mg+2]. The second kappa shape index (κ2) is 5.49. The quantitative estimate of drug-likeness (QED) is 0.267. The van der Waals surface area contributed by atoms with Crippen LogP contribution in [0.2, 0.25) is 0 Å². The third-order valence-electron chi connectivity index (χ3n) is 0. The van der Waals surface area contributed by atoms with E-state index < -0.39 is 9.05 Å². The maximum Gasteiger partial charge on any atom is 2.00 e. The second-order valence-corrected chi connectivity index (χ2v) is 1.80. The van der Waals surface area contributed by atoms with Gasteiger partial charge in [-0.25, -0.2) is 0 Å². The summed E-state index contributed by atoms with van der Waals surface area (Å²) in [6.07, 6.45) is 0. The molecule has 0 bridgehead atoms. The van der Waals surface area contributed by atoms with E-state index >= 15 is 0 Å². The van der Waals surface area contributed by atoms with Crippen molar-refractivity contribution in [2.24, 2.45) is 0 Å². The smallest absolute Gasteiger partial charge is 1.00 e.